The summed E-state index contributed by atoms with van der Waals surface area (Å²) in [6.45, 7) is 2.50. The number of hydrogen-bond donors (Lipinski definition) is 5. The van der Waals surface area contributed by atoms with Crippen LogP contribution in [0, 0.1) is 18.3 Å². The molecule has 0 spiro atoms. The first-order chi connectivity index (χ1) is 22.7. The van der Waals surface area contributed by atoms with Crippen molar-refractivity contribution in [3.8, 4) is 17.6 Å². The van der Waals surface area contributed by atoms with E-state index in [1.165, 1.54) is 26.4 Å². The van der Waals surface area contributed by atoms with Gasteiger partial charge < -0.3 is 40.2 Å². The number of aromatic nitrogens is 1. The maximum atomic E-state index is 13.4. The van der Waals surface area contributed by atoms with E-state index in [2.05, 4.69) is 31.9 Å². The molecule has 5 N–H and O–H groups in total. The van der Waals surface area contributed by atoms with Crippen LogP contribution in [0.3, 0.4) is 0 Å². The second-order valence-electron chi connectivity index (χ2n) is 10.0. The van der Waals surface area contributed by atoms with E-state index in [0.29, 0.717) is 23.7 Å². The van der Waals surface area contributed by atoms with Crippen LogP contribution in [-0.2, 0) is 14.6 Å². The molecule has 0 aliphatic heterocycles. The highest BCUT2D eigenvalue weighted by Crippen LogP contribution is 2.40. The minimum absolute atomic E-state index is 0.0185. The van der Waals surface area contributed by atoms with Crippen LogP contribution in [0.2, 0.25) is 0 Å². The highest BCUT2D eigenvalue weighted by molar-refractivity contribution is 7.91. The number of ether oxygens (including phenoxy) is 3. The van der Waals surface area contributed by atoms with Gasteiger partial charge in [-0.15, -0.1) is 10.2 Å². The Kier molecular flexibility index (Phi) is 14.8. The molecule has 2 aromatic carbocycles. The summed E-state index contributed by atoms with van der Waals surface area (Å²) in [7, 11) is -1.20. The smallest absolute Gasteiger partial charge is 0.183 e. The van der Waals surface area contributed by atoms with Crippen LogP contribution >= 0.6 is 0 Å². The van der Waals surface area contributed by atoms with Gasteiger partial charge in [-0.3, -0.25) is 4.90 Å². The Balaban J connectivity index is 2.03. The Labute approximate surface area is 274 Å². The molecule has 0 radical (unpaired) electrons. The van der Waals surface area contributed by atoms with Crippen LogP contribution in [0.5, 0.6) is 11.5 Å². The monoisotopic (exact) mass is 671 g/mol. The largest absolute Gasteiger partial charge is 0.495 e. The Morgan fingerprint density at radius 3 is 2.26 bits per heavy atom. The lowest BCUT2D eigenvalue weighted by atomic mass is 10.1. The summed E-state index contributed by atoms with van der Waals surface area (Å²) in [5.74, 6) is 0.437. The first-order valence-corrected chi connectivity index (χ1v) is 16.4. The third-order valence-corrected chi connectivity index (χ3v) is 8.61. The molecule has 0 amide bonds. The van der Waals surface area contributed by atoms with Crippen LogP contribution in [-0.4, -0.2) is 113 Å². The lowest BCUT2D eigenvalue weighted by Crippen LogP contribution is -2.34. The predicted molar refractivity (Wildman–Crippen MR) is 176 cm³/mol. The fourth-order valence-corrected chi connectivity index (χ4v) is 5.94. The number of sulfone groups is 1. The van der Waals surface area contributed by atoms with Crippen molar-refractivity contribution in [1.29, 1.82) is 5.26 Å². The normalized spacial score (nSPS) is 11.5. The standard InChI is InChI=1S/C31H41N7O8S/c1-22-24(21-32)30(34-23-7-5-4-6-8-23)35-31(33-9-16-46-17-15-41)29(22)37-36-25-19-27(45-3)28(20-26(25)44-2)47(42,43)18-12-38(10-13-39)11-14-40/h4-8,19-20,39-41H,9-18H2,1-3H3,(H2,33,34,35)/b37-36+. The molecule has 254 valence electrons. The van der Waals surface area contributed by atoms with Gasteiger partial charge in [0.15, 0.2) is 21.5 Å². The van der Waals surface area contributed by atoms with Gasteiger partial charge in [-0.2, -0.15) is 5.26 Å². The maximum absolute atomic E-state index is 13.4. The molecule has 0 bridgehead atoms. The summed E-state index contributed by atoms with van der Waals surface area (Å²) in [6.07, 6.45) is 0. The van der Waals surface area contributed by atoms with E-state index < -0.39 is 9.84 Å². The van der Waals surface area contributed by atoms with E-state index in [1.54, 1.807) is 11.8 Å². The Bertz CT molecular complexity index is 1630. The van der Waals surface area contributed by atoms with Crippen LogP contribution in [0.15, 0.2) is 57.6 Å². The van der Waals surface area contributed by atoms with E-state index in [0.717, 1.165) is 5.69 Å². The number of benzene rings is 2. The van der Waals surface area contributed by atoms with E-state index in [1.807, 2.05) is 30.3 Å². The molecule has 0 unspecified atom stereocenters. The molecular formula is C31H41N7O8S. The van der Waals surface area contributed by atoms with Gasteiger partial charge >= 0.3 is 0 Å². The zero-order chi connectivity index (χ0) is 34.2. The van der Waals surface area contributed by atoms with Crippen LogP contribution in [0.25, 0.3) is 0 Å². The lowest BCUT2D eigenvalue weighted by Gasteiger charge is -2.20. The van der Waals surface area contributed by atoms with Gasteiger partial charge in [-0.05, 0) is 19.1 Å². The minimum atomic E-state index is -3.89. The molecule has 0 fully saturated rings. The number of rotatable bonds is 20. The Hall–Kier alpha value is -4.37. The van der Waals surface area contributed by atoms with Crippen molar-refractivity contribution in [2.75, 3.05) is 89.8 Å². The zero-order valence-electron chi connectivity index (χ0n) is 26.6. The van der Waals surface area contributed by atoms with E-state index in [-0.39, 0.29) is 91.8 Å². The van der Waals surface area contributed by atoms with Crippen LogP contribution in [0.4, 0.5) is 28.7 Å². The van der Waals surface area contributed by atoms with Gasteiger partial charge in [-0.25, -0.2) is 13.4 Å². The van der Waals surface area contributed by atoms with Crippen molar-refractivity contribution in [1.82, 2.24) is 9.88 Å². The zero-order valence-corrected chi connectivity index (χ0v) is 27.5. The number of nitrogens with one attached hydrogen (secondary N) is 2. The minimum Gasteiger partial charge on any atom is -0.495 e. The molecule has 0 saturated carbocycles. The van der Waals surface area contributed by atoms with Gasteiger partial charge in [0.25, 0.3) is 0 Å². The molecular weight excluding hydrogens is 630 g/mol. The van der Waals surface area contributed by atoms with Gasteiger partial charge in [0, 0.05) is 49.6 Å². The van der Waals surface area contributed by atoms with E-state index >= 15 is 0 Å². The van der Waals surface area contributed by atoms with Crippen molar-refractivity contribution >= 4 is 38.5 Å². The Morgan fingerprint density at radius 1 is 0.936 bits per heavy atom. The van der Waals surface area contributed by atoms with Crippen LogP contribution in [0.1, 0.15) is 11.1 Å². The molecule has 15 nitrogen and oxygen atoms in total. The van der Waals surface area contributed by atoms with Gasteiger partial charge in [0.05, 0.1) is 58.6 Å². The molecule has 1 aromatic heterocycles. The number of nitrogens with zero attached hydrogens (tertiary/aromatic N) is 5. The molecule has 3 aromatic rings. The SMILES string of the molecule is COc1cc(S(=O)(=O)CCN(CCO)CCO)c(OC)cc1/N=N/c1c(NCCOCCO)nc(Nc2ccccc2)c(C#N)c1C. The lowest BCUT2D eigenvalue weighted by molar-refractivity contribution is 0.0992. The van der Waals surface area contributed by atoms with Crippen molar-refractivity contribution < 1.29 is 37.9 Å². The summed E-state index contributed by atoms with van der Waals surface area (Å²) < 4.78 is 43.0. The number of aliphatic hydroxyl groups excluding tert-OH is 3. The third-order valence-electron chi connectivity index (χ3n) is 6.90. The van der Waals surface area contributed by atoms with Gasteiger partial charge in [-0.1, -0.05) is 18.2 Å². The van der Waals surface area contributed by atoms with Crippen molar-refractivity contribution in [2.24, 2.45) is 10.2 Å². The number of methoxy groups -OCH3 is 2. The number of hydrogen-bond acceptors (Lipinski definition) is 15. The summed E-state index contributed by atoms with van der Waals surface area (Å²) in [5.41, 5.74) is 1.86. The second-order valence-corrected chi connectivity index (χ2v) is 12.1. The maximum Gasteiger partial charge on any atom is 0.183 e. The Morgan fingerprint density at radius 2 is 1.64 bits per heavy atom. The number of aliphatic hydroxyl groups is 3. The molecule has 1 heterocycles. The topological polar surface area (TPSA) is 211 Å². The highest BCUT2D eigenvalue weighted by Gasteiger charge is 2.24. The first kappa shape index (κ1) is 37.1. The van der Waals surface area contributed by atoms with Gasteiger partial charge in [0.1, 0.15) is 33.8 Å². The average molecular weight is 672 g/mol. The number of para-hydroxylation sites is 1. The molecule has 0 saturated heterocycles. The summed E-state index contributed by atoms with van der Waals surface area (Å²) in [5, 5.41) is 52.7. The highest BCUT2D eigenvalue weighted by atomic mass is 32.2. The van der Waals surface area contributed by atoms with E-state index in [4.69, 9.17) is 19.3 Å². The van der Waals surface area contributed by atoms with Crippen LogP contribution < -0.4 is 20.1 Å². The molecule has 16 heteroatoms. The first-order valence-electron chi connectivity index (χ1n) is 14.8. The molecule has 0 aliphatic rings. The van der Waals surface area contributed by atoms with Crippen molar-refractivity contribution in [3.63, 3.8) is 0 Å². The molecule has 47 heavy (non-hydrogen) atoms. The molecule has 3 rings (SSSR count). The van der Waals surface area contributed by atoms with Crippen molar-refractivity contribution in [3.05, 3.63) is 53.6 Å². The fraction of sp³-hybridized carbons (Fsp3) is 0.419. The second kappa shape index (κ2) is 18.7. The fourth-order valence-electron chi connectivity index (χ4n) is 4.49. The molecule has 0 atom stereocenters. The molecule has 0 aliphatic carbocycles. The number of anilines is 3. The number of pyridine rings is 1. The number of nitriles is 1. The quantitative estimate of drug-likeness (QED) is 0.0865. The van der Waals surface area contributed by atoms with E-state index in [9.17, 15) is 23.9 Å². The summed E-state index contributed by atoms with van der Waals surface area (Å²) >= 11 is 0. The average Bonchev–Trinajstić information content (AvgIpc) is 3.07. The predicted octanol–water partition coefficient (Wildman–Crippen LogP) is 2.92. The summed E-state index contributed by atoms with van der Waals surface area (Å²) in [4.78, 5) is 6.16. The van der Waals surface area contributed by atoms with Gasteiger partial charge in [0.2, 0.25) is 0 Å². The number of azo groups is 1. The van der Waals surface area contributed by atoms with Crippen molar-refractivity contribution in [2.45, 2.75) is 11.8 Å². The third kappa shape index (κ3) is 10.3. The summed E-state index contributed by atoms with van der Waals surface area (Å²) in [6, 6.07) is 14.1.